The predicted molar refractivity (Wildman–Crippen MR) is 58.3 cm³/mol. The number of rotatable bonds is 5. The molecule has 1 aromatic rings. The normalized spacial score (nSPS) is 11.2. The van der Waals surface area contributed by atoms with Crippen molar-refractivity contribution in [1.29, 1.82) is 5.26 Å². The minimum absolute atomic E-state index is 0.0298. The van der Waals surface area contributed by atoms with E-state index in [1.54, 1.807) is 31.2 Å². The van der Waals surface area contributed by atoms with Crippen LogP contribution in [0, 0.1) is 11.3 Å². The number of anilines is 1. The highest BCUT2D eigenvalue weighted by Gasteiger charge is 2.09. The third-order valence-corrected chi connectivity index (χ3v) is 1.89. The molecule has 1 unspecified atom stereocenters. The second-order valence-electron chi connectivity index (χ2n) is 3.18. The number of carboxylic acids is 1. The molecule has 84 valence electrons. The SMILES string of the molecule is CC(Nc1cccc(OCC#N)c1)C(=O)O. The maximum Gasteiger partial charge on any atom is 0.325 e. The van der Waals surface area contributed by atoms with Gasteiger partial charge in [-0.05, 0) is 19.1 Å². The van der Waals surface area contributed by atoms with E-state index in [1.807, 2.05) is 6.07 Å². The second kappa shape index (κ2) is 5.61. The van der Waals surface area contributed by atoms with Gasteiger partial charge in [0.25, 0.3) is 0 Å². The van der Waals surface area contributed by atoms with Crippen LogP contribution in [0.15, 0.2) is 24.3 Å². The largest absolute Gasteiger partial charge is 0.480 e. The van der Waals surface area contributed by atoms with E-state index in [9.17, 15) is 4.79 Å². The maximum atomic E-state index is 10.6. The molecule has 0 fully saturated rings. The summed E-state index contributed by atoms with van der Waals surface area (Å²) in [5, 5.41) is 19.9. The number of nitrogens with one attached hydrogen (secondary N) is 1. The Balaban J connectivity index is 2.67. The fourth-order valence-corrected chi connectivity index (χ4v) is 1.10. The summed E-state index contributed by atoms with van der Waals surface area (Å²) in [6, 6.07) is 8.00. The molecule has 0 aliphatic rings. The monoisotopic (exact) mass is 220 g/mol. The van der Waals surface area contributed by atoms with Crippen LogP contribution < -0.4 is 10.1 Å². The fourth-order valence-electron chi connectivity index (χ4n) is 1.10. The Hall–Kier alpha value is -2.22. The highest BCUT2D eigenvalue weighted by molar-refractivity contribution is 5.76. The zero-order valence-electron chi connectivity index (χ0n) is 8.80. The van der Waals surface area contributed by atoms with Gasteiger partial charge in [0.2, 0.25) is 0 Å². The number of hydrogen-bond acceptors (Lipinski definition) is 4. The number of benzene rings is 1. The maximum absolute atomic E-state index is 10.6. The van der Waals surface area contributed by atoms with Gasteiger partial charge >= 0.3 is 5.97 Å². The Morgan fingerprint density at radius 3 is 3.06 bits per heavy atom. The van der Waals surface area contributed by atoms with Gasteiger partial charge in [0, 0.05) is 11.8 Å². The molecular weight excluding hydrogens is 208 g/mol. The first-order valence-electron chi connectivity index (χ1n) is 4.72. The minimum atomic E-state index is -0.927. The van der Waals surface area contributed by atoms with Gasteiger partial charge in [-0.15, -0.1) is 0 Å². The number of nitrogens with zero attached hydrogens (tertiary/aromatic N) is 1. The van der Waals surface area contributed by atoms with E-state index in [4.69, 9.17) is 15.1 Å². The molecule has 0 aliphatic carbocycles. The third-order valence-electron chi connectivity index (χ3n) is 1.89. The van der Waals surface area contributed by atoms with Crippen molar-refractivity contribution >= 4 is 11.7 Å². The summed E-state index contributed by atoms with van der Waals surface area (Å²) < 4.78 is 5.09. The lowest BCUT2D eigenvalue weighted by Gasteiger charge is -2.11. The van der Waals surface area contributed by atoms with Crippen molar-refractivity contribution in [2.45, 2.75) is 13.0 Å². The zero-order valence-corrected chi connectivity index (χ0v) is 8.80. The molecule has 5 heteroatoms. The first kappa shape index (κ1) is 11.9. The van der Waals surface area contributed by atoms with Crippen LogP contribution in [0.1, 0.15) is 6.92 Å². The van der Waals surface area contributed by atoms with Gasteiger partial charge in [-0.1, -0.05) is 6.07 Å². The quantitative estimate of drug-likeness (QED) is 0.785. The van der Waals surface area contributed by atoms with Gasteiger partial charge in [0.05, 0.1) is 0 Å². The number of carboxylic acid groups (broad SMARTS) is 1. The topological polar surface area (TPSA) is 82.3 Å². The van der Waals surface area contributed by atoms with E-state index >= 15 is 0 Å². The van der Waals surface area contributed by atoms with E-state index in [1.165, 1.54) is 0 Å². The molecule has 0 spiro atoms. The summed E-state index contributed by atoms with van der Waals surface area (Å²) in [7, 11) is 0. The predicted octanol–water partition coefficient (Wildman–Crippen LogP) is 1.47. The highest BCUT2D eigenvalue weighted by Crippen LogP contribution is 2.17. The lowest BCUT2D eigenvalue weighted by Crippen LogP contribution is -2.25. The number of aliphatic carboxylic acids is 1. The third kappa shape index (κ3) is 3.50. The summed E-state index contributed by atoms with van der Waals surface area (Å²) in [5.74, 6) is -0.396. The second-order valence-corrected chi connectivity index (χ2v) is 3.18. The molecule has 0 aromatic heterocycles. The summed E-state index contributed by atoms with van der Waals surface area (Å²) in [4.78, 5) is 10.6. The standard InChI is InChI=1S/C11H12N2O3/c1-8(11(14)15)13-9-3-2-4-10(7-9)16-6-5-12/h2-4,7-8,13H,6H2,1H3,(H,14,15). The molecule has 5 nitrogen and oxygen atoms in total. The van der Waals surface area contributed by atoms with Crippen LogP contribution in [0.25, 0.3) is 0 Å². The molecule has 1 rings (SSSR count). The lowest BCUT2D eigenvalue weighted by atomic mass is 10.2. The van der Waals surface area contributed by atoms with Crippen LogP contribution in [0.3, 0.4) is 0 Å². The van der Waals surface area contributed by atoms with E-state index in [0.29, 0.717) is 11.4 Å². The van der Waals surface area contributed by atoms with Crippen LogP contribution in [0.4, 0.5) is 5.69 Å². The molecule has 0 aliphatic heterocycles. The molecule has 0 bridgehead atoms. The van der Waals surface area contributed by atoms with Crippen LogP contribution in [0.5, 0.6) is 5.75 Å². The molecule has 16 heavy (non-hydrogen) atoms. The van der Waals surface area contributed by atoms with Crippen molar-refractivity contribution in [1.82, 2.24) is 0 Å². The van der Waals surface area contributed by atoms with Crippen molar-refractivity contribution in [2.75, 3.05) is 11.9 Å². The molecule has 0 heterocycles. The summed E-state index contributed by atoms with van der Waals surface area (Å²) in [5.41, 5.74) is 0.644. The van der Waals surface area contributed by atoms with E-state index in [2.05, 4.69) is 5.32 Å². The van der Waals surface area contributed by atoms with Crippen molar-refractivity contribution in [3.05, 3.63) is 24.3 Å². The molecule has 0 amide bonds. The highest BCUT2D eigenvalue weighted by atomic mass is 16.5. The van der Waals surface area contributed by atoms with E-state index < -0.39 is 12.0 Å². The smallest absolute Gasteiger partial charge is 0.325 e. The Kier molecular flexibility index (Phi) is 4.16. The Morgan fingerprint density at radius 1 is 1.69 bits per heavy atom. The first-order chi connectivity index (χ1) is 7.63. The van der Waals surface area contributed by atoms with Crippen molar-refractivity contribution in [2.24, 2.45) is 0 Å². The first-order valence-corrected chi connectivity index (χ1v) is 4.72. The van der Waals surface area contributed by atoms with Gasteiger partial charge in [-0.25, -0.2) is 0 Å². The zero-order chi connectivity index (χ0) is 12.0. The molecular formula is C11H12N2O3. The Bertz CT molecular complexity index is 412. The molecule has 2 N–H and O–H groups in total. The fraction of sp³-hybridized carbons (Fsp3) is 0.273. The number of hydrogen-bond donors (Lipinski definition) is 2. The number of ether oxygens (including phenoxy) is 1. The van der Waals surface area contributed by atoms with Crippen molar-refractivity contribution in [3.8, 4) is 11.8 Å². The summed E-state index contributed by atoms with van der Waals surface area (Å²) in [6.45, 7) is 1.52. The van der Waals surface area contributed by atoms with Gasteiger partial charge in [-0.2, -0.15) is 5.26 Å². The molecule has 0 saturated carbocycles. The molecule has 1 aromatic carbocycles. The Labute approximate surface area is 93.3 Å². The van der Waals surface area contributed by atoms with Crippen LogP contribution in [-0.4, -0.2) is 23.7 Å². The minimum Gasteiger partial charge on any atom is -0.480 e. The van der Waals surface area contributed by atoms with Gasteiger partial charge in [0.1, 0.15) is 17.9 Å². The van der Waals surface area contributed by atoms with E-state index in [-0.39, 0.29) is 6.61 Å². The van der Waals surface area contributed by atoms with Crippen molar-refractivity contribution in [3.63, 3.8) is 0 Å². The van der Waals surface area contributed by atoms with Crippen LogP contribution in [-0.2, 0) is 4.79 Å². The molecule has 1 atom stereocenters. The number of carbonyl (C=O) groups is 1. The van der Waals surface area contributed by atoms with Gasteiger partial charge in [-0.3, -0.25) is 4.79 Å². The van der Waals surface area contributed by atoms with E-state index in [0.717, 1.165) is 0 Å². The average molecular weight is 220 g/mol. The van der Waals surface area contributed by atoms with Crippen LogP contribution in [0.2, 0.25) is 0 Å². The van der Waals surface area contributed by atoms with Crippen LogP contribution >= 0.6 is 0 Å². The van der Waals surface area contributed by atoms with Crippen molar-refractivity contribution < 1.29 is 14.6 Å². The lowest BCUT2D eigenvalue weighted by molar-refractivity contribution is -0.137. The average Bonchev–Trinajstić information content (AvgIpc) is 2.26. The molecule has 0 radical (unpaired) electrons. The van der Waals surface area contributed by atoms with Gasteiger partial charge in [0.15, 0.2) is 6.61 Å². The number of nitriles is 1. The summed E-state index contributed by atoms with van der Waals surface area (Å²) >= 11 is 0. The Morgan fingerprint density at radius 2 is 2.44 bits per heavy atom. The summed E-state index contributed by atoms with van der Waals surface area (Å²) in [6.07, 6.45) is 0. The molecule has 0 saturated heterocycles. The van der Waals surface area contributed by atoms with Gasteiger partial charge < -0.3 is 15.2 Å².